The number of hydrogen-bond donors (Lipinski definition) is 0. The number of ether oxygens (including phenoxy) is 4. The van der Waals surface area contributed by atoms with Gasteiger partial charge in [-0.3, -0.25) is 19.2 Å². The zero-order chi connectivity index (χ0) is 27.9. The van der Waals surface area contributed by atoms with E-state index in [2.05, 4.69) is 9.47 Å². The van der Waals surface area contributed by atoms with E-state index in [-0.39, 0.29) is 25.7 Å². The Kier molecular flexibility index (Phi) is 10.7. The van der Waals surface area contributed by atoms with Crippen LogP contribution in [0.2, 0.25) is 0 Å². The quantitative estimate of drug-likeness (QED) is 0.295. The molecular formula is C28H34O8S. The van der Waals surface area contributed by atoms with Gasteiger partial charge in [0, 0.05) is 20.9 Å². The molecule has 0 unspecified atom stereocenters. The summed E-state index contributed by atoms with van der Waals surface area (Å²) < 4.78 is 20.4. The van der Waals surface area contributed by atoms with Gasteiger partial charge in [0.15, 0.2) is 0 Å². The number of carbonyl (C=O) groups is 4. The van der Waals surface area contributed by atoms with Crippen LogP contribution in [-0.2, 0) is 28.7 Å². The molecule has 0 fully saturated rings. The summed E-state index contributed by atoms with van der Waals surface area (Å²) in [6.45, 7) is 11.6. The van der Waals surface area contributed by atoms with Crippen LogP contribution in [0.1, 0.15) is 59.1 Å². The maximum Gasteiger partial charge on any atom is 0.311 e. The van der Waals surface area contributed by atoms with Crippen LogP contribution in [0.5, 0.6) is 11.5 Å². The first-order valence-corrected chi connectivity index (χ1v) is 12.7. The van der Waals surface area contributed by atoms with E-state index in [1.807, 2.05) is 53.7 Å². The summed E-state index contributed by atoms with van der Waals surface area (Å²) in [5.74, 6) is -1.13. The number of methoxy groups -OCH3 is 2. The van der Waals surface area contributed by atoms with Crippen LogP contribution in [0, 0.1) is 41.5 Å². The van der Waals surface area contributed by atoms with E-state index in [9.17, 15) is 19.2 Å². The lowest BCUT2D eigenvalue weighted by Crippen LogP contribution is -2.13. The molecule has 0 atom stereocenters. The molecule has 0 heterocycles. The van der Waals surface area contributed by atoms with E-state index in [0.717, 1.165) is 43.2 Å². The topological polar surface area (TPSA) is 105 Å². The molecular weight excluding hydrogens is 496 g/mol. The Bertz CT molecular complexity index is 1120. The Morgan fingerprint density at radius 3 is 1.22 bits per heavy atom. The first-order valence-electron chi connectivity index (χ1n) is 11.8. The predicted molar refractivity (Wildman–Crippen MR) is 139 cm³/mol. The maximum absolute atomic E-state index is 12.4. The number of rotatable bonds is 10. The molecule has 0 bridgehead atoms. The number of hydrogen-bond acceptors (Lipinski definition) is 9. The molecule has 2 aromatic rings. The highest BCUT2D eigenvalue weighted by molar-refractivity contribution is 7.99. The van der Waals surface area contributed by atoms with Gasteiger partial charge in [0.25, 0.3) is 0 Å². The second-order valence-electron chi connectivity index (χ2n) is 8.74. The molecule has 0 aromatic heterocycles. The van der Waals surface area contributed by atoms with Crippen LogP contribution in [0.4, 0.5) is 0 Å². The van der Waals surface area contributed by atoms with Gasteiger partial charge < -0.3 is 18.9 Å². The van der Waals surface area contributed by atoms with Gasteiger partial charge in [0.1, 0.15) is 11.5 Å². The van der Waals surface area contributed by atoms with Crippen LogP contribution in [0.15, 0.2) is 21.9 Å². The maximum atomic E-state index is 12.4. The number of esters is 4. The van der Waals surface area contributed by atoms with Gasteiger partial charge in [0.2, 0.25) is 0 Å². The van der Waals surface area contributed by atoms with E-state index in [0.29, 0.717) is 11.5 Å². The van der Waals surface area contributed by atoms with E-state index >= 15 is 0 Å². The molecule has 0 amide bonds. The van der Waals surface area contributed by atoms with Crippen LogP contribution >= 0.6 is 11.8 Å². The van der Waals surface area contributed by atoms with Crippen molar-refractivity contribution in [3.05, 3.63) is 45.5 Å². The Labute approximate surface area is 222 Å². The lowest BCUT2D eigenvalue weighted by Gasteiger charge is -2.20. The summed E-state index contributed by atoms with van der Waals surface area (Å²) in [7, 11) is 2.54. The molecule has 0 aliphatic rings. The molecule has 200 valence electrons. The molecule has 0 radical (unpaired) electrons. The summed E-state index contributed by atoms with van der Waals surface area (Å²) >= 11 is 1.52. The molecule has 0 aliphatic carbocycles. The molecule has 0 aliphatic heterocycles. The van der Waals surface area contributed by atoms with Crippen LogP contribution < -0.4 is 9.47 Å². The van der Waals surface area contributed by atoms with E-state index < -0.39 is 23.9 Å². The fourth-order valence-electron chi connectivity index (χ4n) is 3.55. The van der Waals surface area contributed by atoms with Crippen molar-refractivity contribution in [3.63, 3.8) is 0 Å². The molecule has 8 nitrogen and oxygen atoms in total. The van der Waals surface area contributed by atoms with Gasteiger partial charge in [-0.15, -0.1) is 0 Å². The van der Waals surface area contributed by atoms with E-state index in [4.69, 9.17) is 9.47 Å². The zero-order valence-corrected chi connectivity index (χ0v) is 23.5. The van der Waals surface area contributed by atoms with Gasteiger partial charge in [-0.25, -0.2) is 0 Å². The van der Waals surface area contributed by atoms with Crippen molar-refractivity contribution in [3.8, 4) is 11.5 Å². The predicted octanol–water partition coefficient (Wildman–Crippen LogP) is 5.41. The lowest BCUT2D eigenvalue weighted by atomic mass is 10.1. The summed E-state index contributed by atoms with van der Waals surface area (Å²) in [6.07, 6.45) is -0.266. The third-order valence-corrected chi connectivity index (χ3v) is 7.79. The lowest BCUT2D eigenvalue weighted by molar-refractivity contribution is -0.144. The molecule has 0 saturated carbocycles. The smallest absolute Gasteiger partial charge is 0.311 e. The van der Waals surface area contributed by atoms with Crippen molar-refractivity contribution in [1.29, 1.82) is 0 Å². The van der Waals surface area contributed by atoms with Crippen LogP contribution in [0.3, 0.4) is 0 Å². The molecule has 0 spiro atoms. The van der Waals surface area contributed by atoms with Gasteiger partial charge in [-0.05, 0) is 75.9 Å². The Morgan fingerprint density at radius 2 is 0.892 bits per heavy atom. The zero-order valence-electron chi connectivity index (χ0n) is 22.7. The highest BCUT2D eigenvalue weighted by Gasteiger charge is 2.21. The highest BCUT2D eigenvalue weighted by Crippen LogP contribution is 2.44. The largest absolute Gasteiger partial charge is 0.469 e. The summed E-state index contributed by atoms with van der Waals surface area (Å²) in [5.41, 5.74) is 5.54. The monoisotopic (exact) mass is 530 g/mol. The van der Waals surface area contributed by atoms with Gasteiger partial charge in [-0.1, -0.05) is 11.8 Å². The van der Waals surface area contributed by atoms with Crippen molar-refractivity contribution in [2.75, 3.05) is 14.2 Å². The normalized spacial score (nSPS) is 10.6. The SMILES string of the molecule is COC(=O)CCC(=O)Oc1cc(C)c(C)c(Sc2c(C)c(C)cc(OC(=O)CCC(=O)OC)c2C)c1C. The summed E-state index contributed by atoms with van der Waals surface area (Å²) in [4.78, 5) is 49.3. The van der Waals surface area contributed by atoms with Crippen molar-refractivity contribution in [1.82, 2.24) is 0 Å². The molecule has 2 rings (SSSR count). The number of benzene rings is 2. The Hall–Kier alpha value is -3.33. The first kappa shape index (κ1) is 29.9. The summed E-state index contributed by atoms with van der Waals surface area (Å²) in [5, 5.41) is 0. The first-order chi connectivity index (χ1) is 17.4. The third kappa shape index (κ3) is 7.82. The molecule has 0 saturated heterocycles. The van der Waals surface area contributed by atoms with Crippen molar-refractivity contribution in [2.45, 2.75) is 77.0 Å². The molecule has 0 N–H and O–H groups in total. The number of carbonyl (C=O) groups excluding carboxylic acids is 4. The van der Waals surface area contributed by atoms with Gasteiger partial charge in [-0.2, -0.15) is 0 Å². The summed E-state index contributed by atoms with van der Waals surface area (Å²) in [6, 6.07) is 3.63. The molecule has 2 aromatic carbocycles. The minimum absolute atomic E-state index is 0.0519. The Balaban J connectivity index is 2.38. The minimum Gasteiger partial charge on any atom is -0.469 e. The minimum atomic E-state index is -0.517. The van der Waals surface area contributed by atoms with E-state index in [1.165, 1.54) is 26.0 Å². The fraction of sp³-hybridized carbons (Fsp3) is 0.429. The van der Waals surface area contributed by atoms with Crippen LogP contribution in [-0.4, -0.2) is 38.1 Å². The van der Waals surface area contributed by atoms with Crippen molar-refractivity contribution in [2.24, 2.45) is 0 Å². The standard InChI is InChI=1S/C28H34O8S/c1-15-13-21(35-25(31)11-9-23(29)33-7)19(5)27(17(15)3)37-28-18(4)16(2)14-22(20(28)6)36-26(32)12-10-24(30)34-8/h13-14H,9-12H2,1-8H3. The van der Waals surface area contributed by atoms with Gasteiger partial charge in [0.05, 0.1) is 39.9 Å². The number of aryl methyl sites for hydroxylation is 2. The second-order valence-corrected chi connectivity index (χ2v) is 9.76. The van der Waals surface area contributed by atoms with Gasteiger partial charge >= 0.3 is 23.9 Å². The average molecular weight is 531 g/mol. The third-order valence-electron chi connectivity index (χ3n) is 6.15. The van der Waals surface area contributed by atoms with Crippen LogP contribution in [0.25, 0.3) is 0 Å². The Morgan fingerprint density at radius 1 is 0.568 bits per heavy atom. The van der Waals surface area contributed by atoms with Crippen molar-refractivity contribution >= 4 is 35.6 Å². The molecule has 9 heteroatoms. The molecule has 37 heavy (non-hydrogen) atoms. The second kappa shape index (κ2) is 13.3. The van der Waals surface area contributed by atoms with E-state index in [1.54, 1.807) is 0 Å². The highest BCUT2D eigenvalue weighted by atomic mass is 32.2. The average Bonchev–Trinajstić information content (AvgIpc) is 2.86. The fourth-order valence-corrected chi connectivity index (χ4v) is 4.89. The van der Waals surface area contributed by atoms with Crippen molar-refractivity contribution < 1.29 is 38.1 Å².